The van der Waals surface area contributed by atoms with E-state index in [4.69, 9.17) is 0 Å². The molecule has 0 amide bonds. The van der Waals surface area contributed by atoms with E-state index >= 15 is 0 Å². The van der Waals surface area contributed by atoms with Crippen molar-refractivity contribution in [3.8, 4) is 0 Å². The smallest absolute Gasteiger partial charge is 0.261 e. The minimum atomic E-state index is -3.73. The summed E-state index contributed by atoms with van der Waals surface area (Å²) in [6.07, 6.45) is 2.68. The average Bonchev–Trinajstić information content (AvgIpc) is 2.55. The van der Waals surface area contributed by atoms with Gasteiger partial charge in [0.2, 0.25) is 10.0 Å². The fourth-order valence-corrected chi connectivity index (χ4v) is 5.11. The molecule has 6 nitrogen and oxygen atoms in total. The lowest BCUT2D eigenvalue weighted by Crippen LogP contribution is -2.34. The lowest BCUT2D eigenvalue weighted by molar-refractivity contribution is 0.592. The Balaban J connectivity index is 2.04. The summed E-state index contributed by atoms with van der Waals surface area (Å²) in [6.45, 7) is 2.21. The second kappa shape index (κ2) is 6.34. The standard InChI is InChI=1S/C17H20N2O4S2/c1-13-11-14-7-6-10-19(24(2,20)21)17(14)12-16(13)18-25(22,23)15-8-4-3-5-9-15/h3-5,8-9,11-12,18H,6-7,10H2,1-2H3. The third-order valence-electron chi connectivity index (χ3n) is 4.20. The maximum atomic E-state index is 12.6. The average molecular weight is 380 g/mol. The quantitative estimate of drug-likeness (QED) is 0.883. The molecule has 1 N–H and O–H groups in total. The first-order valence-corrected chi connectivity index (χ1v) is 11.2. The van der Waals surface area contributed by atoms with Crippen LogP contribution in [0.3, 0.4) is 0 Å². The third-order valence-corrected chi connectivity index (χ3v) is 6.76. The predicted molar refractivity (Wildman–Crippen MR) is 98.9 cm³/mol. The Kier molecular flexibility index (Phi) is 4.51. The first-order chi connectivity index (χ1) is 11.7. The molecule has 25 heavy (non-hydrogen) atoms. The zero-order chi connectivity index (χ0) is 18.2. The Labute approximate surface area is 148 Å². The molecule has 3 rings (SSSR count). The van der Waals surface area contributed by atoms with E-state index < -0.39 is 20.0 Å². The van der Waals surface area contributed by atoms with E-state index in [1.54, 1.807) is 24.3 Å². The Hall–Kier alpha value is -2.06. The Morgan fingerprint density at radius 1 is 1.04 bits per heavy atom. The van der Waals surface area contributed by atoms with Crippen LogP contribution in [-0.2, 0) is 26.5 Å². The molecule has 8 heteroatoms. The van der Waals surface area contributed by atoms with E-state index in [2.05, 4.69) is 4.72 Å². The molecule has 0 aromatic heterocycles. The largest absolute Gasteiger partial charge is 0.279 e. The zero-order valence-electron chi connectivity index (χ0n) is 14.1. The number of hydrogen-bond acceptors (Lipinski definition) is 4. The van der Waals surface area contributed by atoms with Gasteiger partial charge in [-0.2, -0.15) is 0 Å². The minimum absolute atomic E-state index is 0.159. The van der Waals surface area contributed by atoms with Crippen LogP contribution >= 0.6 is 0 Å². The molecule has 1 heterocycles. The number of hydrogen-bond donors (Lipinski definition) is 1. The van der Waals surface area contributed by atoms with Crippen LogP contribution in [-0.4, -0.2) is 29.6 Å². The Bertz CT molecular complexity index is 1000. The molecule has 134 valence electrons. The first kappa shape index (κ1) is 17.8. The van der Waals surface area contributed by atoms with Crippen molar-refractivity contribution in [3.63, 3.8) is 0 Å². The molecular formula is C17H20N2O4S2. The van der Waals surface area contributed by atoms with Crippen molar-refractivity contribution < 1.29 is 16.8 Å². The summed E-state index contributed by atoms with van der Waals surface area (Å²) >= 11 is 0. The highest BCUT2D eigenvalue weighted by atomic mass is 32.2. The molecule has 0 spiro atoms. The van der Waals surface area contributed by atoms with E-state index in [0.29, 0.717) is 17.9 Å². The summed E-state index contributed by atoms with van der Waals surface area (Å²) in [5.41, 5.74) is 2.61. The van der Waals surface area contributed by atoms with Crippen molar-refractivity contribution in [2.75, 3.05) is 21.8 Å². The van der Waals surface area contributed by atoms with Crippen LogP contribution in [0.4, 0.5) is 11.4 Å². The van der Waals surface area contributed by atoms with Gasteiger partial charge in [-0.3, -0.25) is 9.03 Å². The van der Waals surface area contributed by atoms with Gasteiger partial charge in [-0.15, -0.1) is 0 Å². The predicted octanol–water partition coefficient (Wildman–Crippen LogP) is 2.51. The maximum absolute atomic E-state index is 12.6. The highest BCUT2D eigenvalue weighted by molar-refractivity contribution is 7.92. The van der Waals surface area contributed by atoms with Gasteiger partial charge in [-0.25, -0.2) is 16.8 Å². The normalized spacial score (nSPS) is 14.9. The van der Waals surface area contributed by atoms with Crippen LogP contribution in [0.5, 0.6) is 0 Å². The van der Waals surface area contributed by atoms with Crippen LogP contribution in [0.1, 0.15) is 17.5 Å². The van der Waals surface area contributed by atoms with E-state index in [1.807, 2.05) is 13.0 Å². The molecule has 2 aromatic rings. The van der Waals surface area contributed by atoms with Crippen molar-refractivity contribution in [2.24, 2.45) is 0 Å². The number of benzene rings is 2. The first-order valence-electron chi connectivity index (χ1n) is 7.87. The number of sulfonamides is 2. The Morgan fingerprint density at radius 3 is 2.36 bits per heavy atom. The molecule has 0 aliphatic carbocycles. The van der Waals surface area contributed by atoms with Gasteiger partial charge in [-0.05, 0) is 49.1 Å². The van der Waals surface area contributed by atoms with Crippen LogP contribution in [0.25, 0.3) is 0 Å². The van der Waals surface area contributed by atoms with Crippen molar-refractivity contribution in [3.05, 3.63) is 53.6 Å². The van der Waals surface area contributed by atoms with E-state index in [-0.39, 0.29) is 4.90 Å². The molecule has 0 saturated heterocycles. The van der Waals surface area contributed by atoms with Gasteiger partial charge in [0.05, 0.1) is 22.5 Å². The number of anilines is 2. The fraction of sp³-hybridized carbons (Fsp3) is 0.294. The summed E-state index contributed by atoms with van der Waals surface area (Å²) in [6, 6.07) is 11.5. The summed E-state index contributed by atoms with van der Waals surface area (Å²) in [5.74, 6) is 0. The Morgan fingerprint density at radius 2 is 1.72 bits per heavy atom. The van der Waals surface area contributed by atoms with E-state index in [0.717, 1.165) is 30.2 Å². The van der Waals surface area contributed by atoms with Crippen LogP contribution in [0.2, 0.25) is 0 Å². The van der Waals surface area contributed by atoms with Gasteiger partial charge in [0, 0.05) is 6.54 Å². The SMILES string of the molecule is Cc1cc2c(cc1NS(=O)(=O)c1ccccc1)N(S(C)(=O)=O)CCC2. The second-order valence-electron chi connectivity index (χ2n) is 6.15. The molecule has 0 unspecified atom stereocenters. The second-order valence-corrected chi connectivity index (χ2v) is 9.74. The molecule has 2 aromatic carbocycles. The van der Waals surface area contributed by atoms with Gasteiger partial charge in [0.15, 0.2) is 0 Å². The van der Waals surface area contributed by atoms with E-state index in [1.165, 1.54) is 16.4 Å². The molecule has 0 radical (unpaired) electrons. The van der Waals surface area contributed by atoms with Gasteiger partial charge in [-0.1, -0.05) is 24.3 Å². The minimum Gasteiger partial charge on any atom is -0.279 e. The molecule has 1 aliphatic heterocycles. The van der Waals surface area contributed by atoms with Crippen molar-refractivity contribution in [2.45, 2.75) is 24.7 Å². The lowest BCUT2D eigenvalue weighted by Gasteiger charge is -2.30. The van der Waals surface area contributed by atoms with Crippen molar-refractivity contribution >= 4 is 31.4 Å². The summed E-state index contributed by atoms with van der Waals surface area (Å²) in [7, 11) is -7.14. The van der Waals surface area contributed by atoms with Gasteiger partial charge in [0.1, 0.15) is 0 Å². The number of nitrogens with zero attached hydrogens (tertiary/aromatic N) is 1. The zero-order valence-corrected chi connectivity index (χ0v) is 15.7. The lowest BCUT2D eigenvalue weighted by atomic mass is 10.00. The maximum Gasteiger partial charge on any atom is 0.261 e. The molecule has 1 aliphatic rings. The van der Waals surface area contributed by atoms with Gasteiger partial charge in [0.25, 0.3) is 10.0 Å². The van der Waals surface area contributed by atoms with Crippen molar-refractivity contribution in [1.29, 1.82) is 0 Å². The van der Waals surface area contributed by atoms with Gasteiger partial charge < -0.3 is 0 Å². The topological polar surface area (TPSA) is 83.6 Å². The van der Waals surface area contributed by atoms with Crippen LogP contribution in [0, 0.1) is 6.92 Å². The van der Waals surface area contributed by atoms with Crippen LogP contribution < -0.4 is 9.03 Å². The van der Waals surface area contributed by atoms with Gasteiger partial charge >= 0.3 is 0 Å². The third kappa shape index (κ3) is 3.64. The number of fused-ring (bicyclic) bond motifs is 1. The molecule has 0 bridgehead atoms. The molecule has 0 fully saturated rings. The van der Waals surface area contributed by atoms with E-state index in [9.17, 15) is 16.8 Å². The highest BCUT2D eigenvalue weighted by Gasteiger charge is 2.26. The van der Waals surface area contributed by atoms with Crippen molar-refractivity contribution in [1.82, 2.24) is 0 Å². The summed E-state index contributed by atoms with van der Waals surface area (Å²) in [5, 5.41) is 0. The molecule has 0 atom stereocenters. The number of aryl methyl sites for hydroxylation is 2. The highest BCUT2D eigenvalue weighted by Crippen LogP contribution is 2.34. The molecular weight excluding hydrogens is 360 g/mol. The summed E-state index contributed by atoms with van der Waals surface area (Å²) in [4.78, 5) is 0.159. The number of rotatable bonds is 4. The fourth-order valence-electron chi connectivity index (χ4n) is 2.98. The van der Waals surface area contributed by atoms with Crippen LogP contribution in [0.15, 0.2) is 47.4 Å². The summed E-state index contributed by atoms with van der Waals surface area (Å²) < 4.78 is 53.1. The molecule has 0 saturated carbocycles. The number of nitrogens with one attached hydrogen (secondary N) is 1. The monoisotopic (exact) mass is 380 g/mol.